The highest BCUT2D eigenvalue weighted by atomic mass is 16.2. The number of likely N-dealkylation sites (tertiary alicyclic amines) is 1. The van der Waals surface area contributed by atoms with Crippen molar-refractivity contribution in [2.75, 3.05) is 13.1 Å². The Balaban J connectivity index is 1.24. The van der Waals surface area contributed by atoms with Gasteiger partial charge < -0.3 is 15.5 Å². The molecule has 1 aliphatic carbocycles. The van der Waals surface area contributed by atoms with Crippen LogP contribution in [0.5, 0.6) is 0 Å². The van der Waals surface area contributed by atoms with Crippen LogP contribution < -0.4 is 10.6 Å². The number of amides is 3. The van der Waals surface area contributed by atoms with Gasteiger partial charge in [-0.3, -0.25) is 9.78 Å². The minimum absolute atomic E-state index is 0.0194. The molecular weight excluding hydrogens is 352 g/mol. The van der Waals surface area contributed by atoms with E-state index in [1.165, 1.54) is 11.1 Å². The number of aryl methyl sites for hydroxylation is 1. The Morgan fingerprint density at radius 3 is 2.61 bits per heavy atom. The van der Waals surface area contributed by atoms with E-state index in [-0.39, 0.29) is 23.9 Å². The number of fused-ring (bicyclic) bond motifs is 1. The first kappa shape index (κ1) is 18.5. The van der Waals surface area contributed by atoms with Crippen LogP contribution in [0.25, 0.3) is 0 Å². The van der Waals surface area contributed by atoms with Gasteiger partial charge in [0.15, 0.2) is 0 Å². The van der Waals surface area contributed by atoms with Crippen molar-refractivity contribution in [3.8, 4) is 0 Å². The molecule has 1 unspecified atom stereocenters. The lowest BCUT2D eigenvalue weighted by Crippen LogP contribution is -2.47. The Bertz CT molecular complexity index is 831. The fourth-order valence-corrected chi connectivity index (χ4v) is 4.12. The highest BCUT2D eigenvalue weighted by Gasteiger charge is 2.30. The minimum atomic E-state index is -0.0417. The molecule has 6 heteroatoms. The van der Waals surface area contributed by atoms with Crippen LogP contribution in [0.3, 0.4) is 0 Å². The summed E-state index contributed by atoms with van der Waals surface area (Å²) in [5, 5.41) is 6.14. The van der Waals surface area contributed by atoms with Crippen LogP contribution in [0.2, 0.25) is 0 Å². The number of aromatic nitrogens is 1. The van der Waals surface area contributed by atoms with E-state index < -0.39 is 0 Å². The smallest absolute Gasteiger partial charge is 0.317 e. The van der Waals surface area contributed by atoms with Crippen LogP contribution in [-0.2, 0) is 17.8 Å². The molecule has 3 amide bonds. The van der Waals surface area contributed by atoms with Gasteiger partial charge in [-0.25, -0.2) is 4.79 Å². The first-order valence-corrected chi connectivity index (χ1v) is 10.0. The molecule has 1 aliphatic heterocycles. The summed E-state index contributed by atoms with van der Waals surface area (Å²) in [5.74, 6) is 0.00963. The number of hydrogen-bond acceptors (Lipinski definition) is 3. The Hall–Kier alpha value is -2.89. The van der Waals surface area contributed by atoms with E-state index in [9.17, 15) is 9.59 Å². The highest BCUT2D eigenvalue weighted by Crippen LogP contribution is 2.31. The Morgan fingerprint density at radius 1 is 1.04 bits per heavy atom. The van der Waals surface area contributed by atoms with Crippen LogP contribution in [-0.4, -0.2) is 34.9 Å². The number of piperidine rings is 1. The van der Waals surface area contributed by atoms with E-state index in [2.05, 4.69) is 27.8 Å². The van der Waals surface area contributed by atoms with Crippen molar-refractivity contribution in [1.82, 2.24) is 20.5 Å². The van der Waals surface area contributed by atoms with Crippen molar-refractivity contribution in [2.45, 2.75) is 38.3 Å². The largest absolute Gasteiger partial charge is 0.350 e. The predicted octanol–water partition coefficient (Wildman–Crippen LogP) is 2.81. The molecule has 2 aliphatic rings. The molecule has 1 atom stereocenters. The lowest BCUT2D eigenvalue weighted by molar-refractivity contribution is -0.126. The maximum atomic E-state index is 12.7. The predicted molar refractivity (Wildman–Crippen MR) is 106 cm³/mol. The zero-order chi connectivity index (χ0) is 19.3. The summed E-state index contributed by atoms with van der Waals surface area (Å²) in [6.07, 6.45) is 5.09. The van der Waals surface area contributed by atoms with Crippen LogP contribution in [0.1, 0.15) is 42.1 Å². The number of urea groups is 1. The van der Waals surface area contributed by atoms with Crippen LogP contribution in [0.4, 0.5) is 4.79 Å². The third kappa shape index (κ3) is 4.16. The van der Waals surface area contributed by atoms with Gasteiger partial charge in [0.1, 0.15) is 0 Å². The summed E-state index contributed by atoms with van der Waals surface area (Å²) in [5.41, 5.74) is 3.42. The number of pyridine rings is 1. The fourth-order valence-electron chi connectivity index (χ4n) is 4.12. The number of benzene rings is 1. The van der Waals surface area contributed by atoms with Gasteiger partial charge in [0.25, 0.3) is 0 Å². The van der Waals surface area contributed by atoms with Crippen molar-refractivity contribution >= 4 is 11.9 Å². The standard InChI is InChI=1S/C22H26N4O2/c27-21(24-15-18-6-3-4-12-23-18)17-10-13-26(14-11-17)22(28)25-20-9-8-16-5-1-2-7-19(16)20/h1-7,12,17,20H,8-11,13-15H2,(H,24,27)(H,25,28). The molecule has 1 aromatic heterocycles. The lowest BCUT2D eigenvalue weighted by atomic mass is 9.96. The van der Waals surface area contributed by atoms with E-state index in [1.807, 2.05) is 35.2 Å². The topological polar surface area (TPSA) is 74.3 Å². The maximum Gasteiger partial charge on any atom is 0.317 e. The normalized spacial score (nSPS) is 19.1. The molecular formula is C22H26N4O2. The summed E-state index contributed by atoms with van der Waals surface area (Å²) < 4.78 is 0. The number of carbonyl (C=O) groups is 2. The zero-order valence-electron chi connectivity index (χ0n) is 15.9. The summed E-state index contributed by atoms with van der Waals surface area (Å²) in [6, 6.07) is 14.1. The SMILES string of the molecule is O=C(NCc1ccccn1)C1CCN(C(=O)NC2CCc3ccccc32)CC1. The molecule has 2 aromatic rings. The lowest BCUT2D eigenvalue weighted by Gasteiger charge is -2.32. The number of carbonyl (C=O) groups excluding carboxylic acids is 2. The Labute approximate surface area is 165 Å². The molecule has 2 heterocycles. The van der Waals surface area contributed by atoms with Gasteiger partial charge in [0.2, 0.25) is 5.91 Å². The Kier molecular flexibility index (Phi) is 5.55. The van der Waals surface area contributed by atoms with Crippen molar-refractivity contribution in [2.24, 2.45) is 5.92 Å². The van der Waals surface area contributed by atoms with Gasteiger partial charge in [-0.1, -0.05) is 30.3 Å². The van der Waals surface area contributed by atoms with Crippen molar-refractivity contribution in [3.05, 3.63) is 65.5 Å². The van der Waals surface area contributed by atoms with Crippen LogP contribution in [0, 0.1) is 5.92 Å². The quantitative estimate of drug-likeness (QED) is 0.859. The molecule has 0 bridgehead atoms. The molecule has 28 heavy (non-hydrogen) atoms. The molecule has 1 fully saturated rings. The first-order chi connectivity index (χ1) is 13.7. The molecule has 0 saturated carbocycles. The maximum absolute atomic E-state index is 12.7. The molecule has 0 spiro atoms. The fraction of sp³-hybridized carbons (Fsp3) is 0.409. The summed E-state index contributed by atoms with van der Waals surface area (Å²) in [6.45, 7) is 1.67. The van der Waals surface area contributed by atoms with Gasteiger partial charge in [-0.05, 0) is 48.9 Å². The molecule has 0 radical (unpaired) electrons. The first-order valence-electron chi connectivity index (χ1n) is 10.0. The molecule has 1 aromatic carbocycles. The Morgan fingerprint density at radius 2 is 1.82 bits per heavy atom. The molecule has 4 rings (SSSR count). The van der Waals surface area contributed by atoms with E-state index in [0.29, 0.717) is 32.5 Å². The molecule has 6 nitrogen and oxygen atoms in total. The molecule has 1 saturated heterocycles. The third-order valence-corrected chi connectivity index (χ3v) is 5.75. The molecule has 146 valence electrons. The molecule has 2 N–H and O–H groups in total. The summed E-state index contributed by atoms with van der Waals surface area (Å²) in [7, 11) is 0. The average molecular weight is 378 g/mol. The monoisotopic (exact) mass is 378 g/mol. The number of nitrogens with zero attached hydrogens (tertiary/aromatic N) is 2. The van der Waals surface area contributed by atoms with Crippen molar-refractivity contribution in [3.63, 3.8) is 0 Å². The van der Waals surface area contributed by atoms with Gasteiger partial charge in [0, 0.05) is 25.2 Å². The average Bonchev–Trinajstić information content (AvgIpc) is 3.16. The van der Waals surface area contributed by atoms with Gasteiger partial charge in [-0.15, -0.1) is 0 Å². The van der Waals surface area contributed by atoms with E-state index >= 15 is 0 Å². The summed E-state index contributed by atoms with van der Waals surface area (Å²) >= 11 is 0. The van der Waals surface area contributed by atoms with Gasteiger partial charge in [-0.2, -0.15) is 0 Å². The second-order valence-corrected chi connectivity index (χ2v) is 7.54. The van der Waals surface area contributed by atoms with E-state index in [0.717, 1.165) is 18.5 Å². The van der Waals surface area contributed by atoms with Crippen LogP contribution >= 0.6 is 0 Å². The van der Waals surface area contributed by atoms with Gasteiger partial charge in [0.05, 0.1) is 18.3 Å². The summed E-state index contributed by atoms with van der Waals surface area (Å²) in [4.78, 5) is 31.1. The number of rotatable bonds is 4. The third-order valence-electron chi connectivity index (χ3n) is 5.75. The van der Waals surface area contributed by atoms with Crippen LogP contribution in [0.15, 0.2) is 48.7 Å². The van der Waals surface area contributed by atoms with Crippen molar-refractivity contribution in [1.29, 1.82) is 0 Å². The zero-order valence-corrected chi connectivity index (χ0v) is 15.9. The second kappa shape index (κ2) is 8.42. The van der Waals surface area contributed by atoms with E-state index in [4.69, 9.17) is 0 Å². The number of hydrogen-bond donors (Lipinski definition) is 2. The second-order valence-electron chi connectivity index (χ2n) is 7.54. The highest BCUT2D eigenvalue weighted by molar-refractivity contribution is 5.79. The minimum Gasteiger partial charge on any atom is -0.350 e. The van der Waals surface area contributed by atoms with Gasteiger partial charge >= 0.3 is 6.03 Å². The van der Waals surface area contributed by atoms with E-state index in [1.54, 1.807) is 6.20 Å². The van der Waals surface area contributed by atoms with Crippen molar-refractivity contribution < 1.29 is 9.59 Å². The number of nitrogens with one attached hydrogen (secondary N) is 2.